The van der Waals surface area contributed by atoms with Crippen molar-refractivity contribution in [2.75, 3.05) is 13.1 Å². The molecule has 0 unspecified atom stereocenters. The van der Waals surface area contributed by atoms with Crippen molar-refractivity contribution in [1.29, 1.82) is 0 Å². The summed E-state index contributed by atoms with van der Waals surface area (Å²) >= 11 is 0. The second-order valence-corrected chi connectivity index (χ2v) is 7.95. The van der Waals surface area contributed by atoms with Gasteiger partial charge in [0.05, 0.1) is 20.1 Å². The van der Waals surface area contributed by atoms with Crippen molar-refractivity contribution in [1.82, 2.24) is 14.8 Å². The van der Waals surface area contributed by atoms with Gasteiger partial charge in [0.2, 0.25) is 11.8 Å². The monoisotopic (exact) mass is 569 g/mol. The first-order valence-electron chi connectivity index (χ1n) is 11.4. The third kappa shape index (κ3) is 10.4. The van der Waals surface area contributed by atoms with Crippen LogP contribution in [0, 0.1) is 0 Å². The average molecular weight is 569 g/mol. The lowest BCUT2D eigenvalue weighted by atomic mass is 10.1. The van der Waals surface area contributed by atoms with Gasteiger partial charge in [0.15, 0.2) is 6.21 Å². The Kier molecular flexibility index (Phi) is 14.1. The summed E-state index contributed by atoms with van der Waals surface area (Å²) in [7, 11) is 1.90. The molecule has 0 atom stereocenters. The number of hydrogen-bond acceptors (Lipinski definition) is 4. The summed E-state index contributed by atoms with van der Waals surface area (Å²) < 4.78 is 3.91. The van der Waals surface area contributed by atoms with Gasteiger partial charge in [-0.15, -0.1) is 0 Å². The maximum absolute atomic E-state index is 12.7. The number of hydrogen-bond donors (Lipinski definition) is 2. The number of aryl methyl sites for hydroxylation is 2. The van der Waals surface area contributed by atoms with Crippen molar-refractivity contribution in [3.63, 3.8) is 0 Å². The standard InChI is InChI=1S/C24H35N5O3.HI/c1-3-4-14-29(20-22(30)25-18-21-11-7-5-8-12-21)24(31)13-9-6-10-15-28-17-16-27(2)23(28)19-26-32;/h5,7-8,11-12,16-17,19H,3-4,6,9-10,13-15,18,20H2,1-2H3,(H,25,30);1H. The van der Waals surface area contributed by atoms with Crippen LogP contribution in [0.2, 0.25) is 0 Å². The highest BCUT2D eigenvalue weighted by Crippen LogP contribution is 2.07. The molecule has 0 fully saturated rings. The van der Waals surface area contributed by atoms with Gasteiger partial charge >= 0.3 is 5.82 Å². The second kappa shape index (κ2) is 16.2. The fourth-order valence-electron chi connectivity index (χ4n) is 3.50. The van der Waals surface area contributed by atoms with Crippen LogP contribution in [0.1, 0.15) is 56.8 Å². The van der Waals surface area contributed by atoms with Crippen LogP contribution >= 0.6 is 0 Å². The molecular formula is C24H36IN5O3. The minimum absolute atomic E-state index is 0. The molecule has 1 heterocycles. The number of carbonyl (C=O) groups excluding carboxylic acids is 2. The topological polar surface area (TPSA) is 90.8 Å². The summed E-state index contributed by atoms with van der Waals surface area (Å²) in [6.45, 7) is 4.05. The second-order valence-electron chi connectivity index (χ2n) is 7.95. The van der Waals surface area contributed by atoms with Gasteiger partial charge in [-0.2, -0.15) is 0 Å². The lowest BCUT2D eigenvalue weighted by Gasteiger charge is -2.22. The first kappa shape index (κ1) is 28.6. The molecule has 8 nitrogen and oxygen atoms in total. The molecule has 0 radical (unpaired) electrons. The zero-order valence-corrected chi connectivity index (χ0v) is 21.8. The predicted octanol–water partition coefficient (Wildman–Crippen LogP) is -0.370. The van der Waals surface area contributed by atoms with Crippen LogP contribution in [0.15, 0.2) is 47.9 Å². The number of nitrogens with zero attached hydrogens (tertiary/aromatic N) is 4. The predicted molar refractivity (Wildman–Crippen MR) is 123 cm³/mol. The molecule has 0 aliphatic carbocycles. The number of halogens is 1. The molecule has 0 aliphatic rings. The van der Waals surface area contributed by atoms with Gasteiger partial charge in [-0.3, -0.25) is 9.59 Å². The summed E-state index contributed by atoms with van der Waals surface area (Å²) in [5.41, 5.74) is 1.04. The third-order valence-corrected chi connectivity index (χ3v) is 5.39. The molecule has 0 saturated carbocycles. The Bertz CT molecular complexity index is 870. The van der Waals surface area contributed by atoms with E-state index in [4.69, 9.17) is 5.21 Å². The zero-order valence-electron chi connectivity index (χ0n) is 19.6. The summed E-state index contributed by atoms with van der Waals surface area (Å²) in [5, 5.41) is 14.8. The summed E-state index contributed by atoms with van der Waals surface area (Å²) in [6, 6.07) is 9.75. The van der Waals surface area contributed by atoms with E-state index in [-0.39, 0.29) is 42.3 Å². The third-order valence-electron chi connectivity index (χ3n) is 5.39. The minimum Gasteiger partial charge on any atom is -1.00 e. The number of nitrogens with one attached hydrogen (secondary N) is 1. The average Bonchev–Trinajstić information content (AvgIpc) is 3.15. The number of unbranched alkanes of at least 4 members (excludes halogenated alkanes) is 3. The quantitative estimate of drug-likeness (QED) is 0.0813. The molecule has 182 valence electrons. The van der Waals surface area contributed by atoms with E-state index < -0.39 is 0 Å². The van der Waals surface area contributed by atoms with Gasteiger partial charge in [-0.05, 0) is 31.2 Å². The van der Waals surface area contributed by atoms with Crippen LogP contribution in [0.3, 0.4) is 0 Å². The van der Waals surface area contributed by atoms with E-state index in [1.165, 1.54) is 6.21 Å². The molecule has 0 spiro atoms. The summed E-state index contributed by atoms with van der Waals surface area (Å²) in [6.07, 6.45) is 10.2. The van der Waals surface area contributed by atoms with Crippen LogP contribution in [0.25, 0.3) is 0 Å². The van der Waals surface area contributed by atoms with Crippen molar-refractivity contribution >= 4 is 18.0 Å². The van der Waals surface area contributed by atoms with Gasteiger partial charge in [-0.1, -0.05) is 48.8 Å². The molecule has 2 N–H and O–H groups in total. The fraction of sp³-hybridized carbons (Fsp3) is 0.500. The summed E-state index contributed by atoms with van der Waals surface area (Å²) in [4.78, 5) is 26.8. The van der Waals surface area contributed by atoms with Crippen LogP contribution in [-0.4, -0.2) is 45.8 Å². The molecule has 0 bridgehead atoms. The molecule has 33 heavy (non-hydrogen) atoms. The Morgan fingerprint density at radius 3 is 2.64 bits per heavy atom. The van der Waals surface area contributed by atoms with Gasteiger partial charge in [0.25, 0.3) is 0 Å². The number of oxime groups is 1. The van der Waals surface area contributed by atoms with E-state index in [1.807, 2.05) is 58.9 Å². The highest BCUT2D eigenvalue weighted by atomic mass is 127. The molecule has 1 aromatic heterocycles. The SMILES string of the molecule is CCCCN(CC(=O)NCc1ccccc1)C(=O)CCCCCn1cc[n+](C)c1/C=N\O.[I-]. The number of rotatable bonds is 14. The van der Waals surface area contributed by atoms with Crippen LogP contribution < -0.4 is 33.9 Å². The summed E-state index contributed by atoms with van der Waals surface area (Å²) in [5.74, 6) is 0.724. The molecule has 0 aliphatic heterocycles. The van der Waals surface area contributed by atoms with E-state index >= 15 is 0 Å². The first-order valence-corrected chi connectivity index (χ1v) is 11.4. The van der Waals surface area contributed by atoms with E-state index in [2.05, 4.69) is 17.4 Å². The zero-order chi connectivity index (χ0) is 23.2. The normalized spacial score (nSPS) is 10.7. The van der Waals surface area contributed by atoms with E-state index in [0.717, 1.165) is 50.0 Å². The molecule has 9 heteroatoms. The molecule has 2 amide bonds. The maximum atomic E-state index is 12.7. The van der Waals surface area contributed by atoms with Crippen LogP contribution in [-0.2, 0) is 29.7 Å². The highest BCUT2D eigenvalue weighted by Gasteiger charge is 2.17. The highest BCUT2D eigenvalue weighted by molar-refractivity contribution is 5.84. The van der Waals surface area contributed by atoms with Crippen molar-refractivity contribution in [3.8, 4) is 0 Å². The number of benzene rings is 1. The Labute approximate surface area is 213 Å². The van der Waals surface area contributed by atoms with E-state index in [0.29, 0.717) is 19.5 Å². The van der Waals surface area contributed by atoms with Crippen molar-refractivity contribution in [2.45, 2.75) is 58.5 Å². The maximum Gasteiger partial charge on any atom is 0.303 e. The lowest BCUT2D eigenvalue weighted by Crippen LogP contribution is -3.00. The molecule has 2 rings (SSSR count). The minimum atomic E-state index is -0.128. The van der Waals surface area contributed by atoms with Gasteiger partial charge in [0, 0.05) is 19.5 Å². The lowest BCUT2D eigenvalue weighted by molar-refractivity contribution is -0.671. The Morgan fingerprint density at radius 1 is 1.18 bits per heavy atom. The number of amides is 2. The van der Waals surface area contributed by atoms with Crippen LogP contribution in [0.5, 0.6) is 0 Å². The van der Waals surface area contributed by atoms with Gasteiger partial charge < -0.3 is 39.4 Å². The molecule has 2 aromatic rings. The molecule has 1 aromatic carbocycles. The number of imidazole rings is 1. The Balaban J connectivity index is 0.00000544. The molecular weight excluding hydrogens is 533 g/mol. The Morgan fingerprint density at radius 2 is 1.94 bits per heavy atom. The van der Waals surface area contributed by atoms with E-state index in [9.17, 15) is 9.59 Å². The van der Waals surface area contributed by atoms with Gasteiger partial charge in [-0.25, -0.2) is 9.13 Å². The van der Waals surface area contributed by atoms with Gasteiger partial charge in [0.1, 0.15) is 12.4 Å². The first-order chi connectivity index (χ1) is 15.5. The number of aromatic nitrogens is 2. The smallest absolute Gasteiger partial charge is 0.303 e. The van der Waals surface area contributed by atoms with Crippen molar-refractivity contribution in [3.05, 3.63) is 54.1 Å². The Hall–Kier alpha value is -2.43. The van der Waals surface area contributed by atoms with Crippen LogP contribution in [0.4, 0.5) is 0 Å². The molecule has 0 saturated heterocycles. The fourth-order valence-corrected chi connectivity index (χ4v) is 3.50. The van der Waals surface area contributed by atoms with Crippen molar-refractivity contribution in [2.24, 2.45) is 12.2 Å². The van der Waals surface area contributed by atoms with E-state index in [1.54, 1.807) is 4.90 Å². The largest absolute Gasteiger partial charge is 1.00 e. The van der Waals surface area contributed by atoms with Crippen molar-refractivity contribution < 1.29 is 43.3 Å². The number of carbonyl (C=O) groups is 2.